The van der Waals surface area contributed by atoms with Crippen LogP contribution in [-0.2, 0) is 85.6 Å². The number of aliphatic hydroxyl groups excluding tert-OH is 9. The molecule has 0 aromatic heterocycles. The van der Waals surface area contributed by atoms with Crippen LogP contribution in [0.5, 0.6) is 0 Å². The molecule has 0 saturated carbocycles. The van der Waals surface area contributed by atoms with E-state index in [9.17, 15) is 74.7 Å². The zero-order chi connectivity index (χ0) is 63.4. The van der Waals surface area contributed by atoms with Gasteiger partial charge in [-0.2, -0.15) is 0 Å². The van der Waals surface area contributed by atoms with Gasteiger partial charge in [0.2, 0.25) is 35.4 Å². The van der Waals surface area contributed by atoms with Crippen LogP contribution < -0.4 is 37.6 Å². The molecule has 17 N–H and O–H groups in total. The Balaban J connectivity index is 1.36. The maximum atomic E-state index is 12.9. The molecule has 0 aromatic carbocycles. The van der Waals surface area contributed by atoms with Crippen LogP contribution in [0.2, 0.25) is 0 Å². The third kappa shape index (κ3) is 28.7. The largest absolute Gasteiger partial charge is 0.506 e. The zero-order valence-electron chi connectivity index (χ0n) is 49.0. The number of nitrogens with two attached hydrogens (primary N) is 1. The summed E-state index contributed by atoms with van der Waals surface area (Å²) < 4.78 is 66.4. The summed E-state index contributed by atoms with van der Waals surface area (Å²) in [6.07, 6.45) is -12.5. The van der Waals surface area contributed by atoms with Gasteiger partial charge in [-0.1, -0.05) is 0 Å². The molecule has 86 heavy (non-hydrogen) atoms. The molecule has 3 aliphatic heterocycles. The molecule has 3 aliphatic rings. The van der Waals surface area contributed by atoms with Gasteiger partial charge in [-0.05, 0) is 19.3 Å². The van der Waals surface area contributed by atoms with Gasteiger partial charge in [-0.3, -0.25) is 28.8 Å². The zero-order valence-corrected chi connectivity index (χ0v) is 49.0. The minimum atomic E-state index is -1.45. The van der Waals surface area contributed by atoms with Gasteiger partial charge >= 0.3 is 0 Å². The molecule has 0 bridgehead atoms. The summed E-state index contributed by atoms with van der Waals surface area (Å²) in [4.78, 5) is 73.7. The Bertz CT molecular complexity index is 1930. The highest BCUT2D eigenvalue weighted by Crippen LogP contribution is 2.26. The third-order valence-corrected chi connectivity index (χ3v) is 13.4. The van der Waals surface area contributed by atoms with Crippen LogP contribution in [0.15, 0.2) is 11.5 Å². The summed E-state index contributed by atoms with van der Waals surface area (Å²) in [6, 6.07) is -3.38. The molecular weight excluding hydrogens is 1150 g/mol. The Morgan fingerprint density at radius 2 is 0.767 bits per heavy atom. The van der Waals surface area contributed by atoms with Crippen LogP contribution in [0, 0.1) is 0 Å². The van der Waals surface area contributed by atoms with E-state index in [2.05, 4.69) is 31.9 Å². The number of nitrogens with one attached hydrogen (secondary N) is 6. The lowest BCUT2D eigenvalue weighted by Gasteiger charge is -2.42. The lowest BCUT2D eigenvalue weighted by molar-refractivity contribution is -0.272. The fraction of sp³-hybridized carbons (Fsp3) is 0.846. The first-order valence-corrected chi connectivity index (χ1v) is 28.5. The molecule has 0 radical (unpaired) electrons. The molecule has 0 spiro atoms. The summed E-state index contributed by atoms with van der Waals surface area (Å²) >= 11 is 0. The number of carbonyl (C=O) groups excluding carboxylic acids is 6. The van der Waals surface area contributed by atoms with Crippen LogP contribution in [0.25, 0.3) is 0 Å². The van der Waals surface area contributed by atoms with Gasteiger partial charge in [0, 0.05) is 65.2 Å². The van der Waals surface area contributed by atoms with Gasteiger partial charge in [-0.15, -0.1) is 0 Å². The van der Waals surface area contributed by atoms with Crippen molar-refractivity contribution >= 4 is 35.4 Å². The van der Waals surface area contributed by atoms with Crippen molar-refractivity contribution in [3.8, 4) is 0 Å². The van der Waals surface area contributed by atoms with Crippen molar-refractivity contribution in [2.24, 2.45) is 5.73 Å². The first-order valence-electron chi connectivity index (χ1n) is 28.5. The van der Waals surface area contributed by atoms with Crippen molar-refractivity contribution in [3.63, 3.8) is 0 Å². The number of ether oxygens (including phenoxy) is 12. The SMILES string of the molecule is CC(=O)NC1C(O)=C(O)C(CO)OC1OCCOCCOCCNC(=O)CCC(N)(CCC(=O)NCCOCCOCCOC1OC(CO)C(O)C(O)C1NC(C)=O)CCC(=O)NCCOCCOCCOC1OC(CO)C(O)C(O)C1NC(C)=O. The number of amides is 6. The second-order valence-electron chi connectivity index (χ2n) is 20.2. The van der Waals surface area contributed by atoms with Crippen molar-refractivity contribution in [2.75, 3.05) is 139 Å². The fourth-order valence-corrected chi connectivity index (χ4v) is 8.76. The molecule has 6 amide bonds. The Labute approximate surface area is 498 Å². The van der Waals surface area contributed by atoms with Crippen LogP contribution in [0.1, 0.15) is 59.3 Å². The van der Waals surface area contributed by atoms with Crippen molar-refractivity contribution in [1.82, 2.24) is 31.9 Å². The van der Waals surface area contributed by atoms with Gasteiger partial charge < -0.3 is 140 Å². The average molecular weight is 1250 g/mol. The lowest BCUT2D eigenvalue weighted by atomic mass is 9.84. The van der Waals surface area contributed by atoms with Gasteiger partial charge in [0.15, 0.2) is 30.4 Å². The van der Waals surface area contributed by atoms with Crippen LogP contribution in [-0.4, -0.2) is 305 Å². The van der Waals surface area contributed by atoms with Crippen LogP contribution >= 0.6 is 0 Å². The molecule has 34 nitrogen and oxygen atoms in total. The van der Waals surface area contributed by atoms with E-state index in [4.69, 9.17) is 62.6 Å². The molecule has 2 saturated heterocycles. The minimum Gasteiger partial charge on any atom is -0.506 e. The van der Waals surface area contributed by atoms with Crippen molar-refractivity contribution in [2.45, 2.75) is 145 Å². The highest BCUT2D eigenvalue weighted by atomic mass is 16.7. The molecule has 2 fully saturated rings. The first kappa shape index (κ1) is 75.6. The molecule has 13 unspecified atom stereocenters. The Morgan fingerprint density at radius 1 is 0.442 bits per heavy atom. The lowest BCUT2D eigenvalue weighted by Crippen LogP contribution is -2.64. The van der Waals surface area contributed by atoms with E-state index >= 15 is 0 Å². The molecule has 0 aromatic rings. The second-order valence-corrected chi connectivity index (χ2v) is 20.2. The van der Waals surface area contributed by atoms with Gasteiger partial charge in [-0.25, -0.2) is 0 Å². The number of hydrogen-bond donors (Lipinski definition) is 16. The fourth-order valence-electron chi connectivity index (χ4n) is 8.76. The highest BCUT2D eigenvalue weighted by Gasteiger charge is 2.47. The first-order chi connectivity index (χ1) is 41.1. The number of hydrogen-bond acceptors (Lipinski definition) is 28. The van der Waals surface area contributed by atoms with Crippen molar-refractivity contribution in [1.29, 1.82) is 0 Å². The van der Waals surface area contributed by atoms with Crippen molar-refractivity contribution in [3.05, 3.63) is 11.5 Å². The maximum absolute atomic E-state index is 12.9. The Morgan fingerprint density at radius 3 is 1.09 bits per heavy atom. The van der Waals surface area contributed by atoms with E-state index in [1.807, 2.05) is 0 Å². The summed E-state index contributed by atoms with van der Waals surface area (Å²) in [7, 11) is 0. The normalized spacial score (nSPS) is 26.5. The van der Waals surface area contributed by atoms with E-state index in [1.165, 1.54) is 20.8 Å². The smallest absolute Gasteiger partial charge is 0.220 e. The van der Waals surface area contributed by atoms with E-state index in [0.29, 0.717) is 0 Å². The minimum absolute atomic E-state index is 0.0199. The van der Waals surface area contributed by atoms with Crippen LogP contribution in [0.4, 0.5) is 0 Å². The molecule has 3 heterocycles. The number of carbonyl (C=O) groups is 6. The molecule has 3 rings (SSSR count). The summed E-state index contributed by atoms with van der Waals surface area (Å²) in [5.41, 5.74) is 5.69. The van der Waals surface area contributed by atoms with Crippen molar-refractivity contribution < 1.29 is 132 Å². The summed E-state index contributed by atoms with van der Waals surface area (Å²) in [6.45, 7) is 3.80. The summed E-state index contributed by atoms with van der Waals surface area (Å²) in [5, 5.41) is 106. The maximum Gasteiger partial charge on any atom is 0.220 e. The predicted octanol–water partition coefficient (Wildman–Crippen LogP) is -7.04. The highest BCUT2D eigenvalue weighted by molar-refractivity contribution is 5.78. The van der Waals surface area contributed by atoms with E-state index in [1.54, 1.807) is 0 Å². The molecule has 498 valence electrons. The number of aliphatic hydroxyl groups is 9. The van der Waals surface area contributed by atoms with Gasteiger partial charge in [0.1, 0.15) is 60.9 Å². The van der Waals surface area contributed by atoms with Gasteiger partial charge in [0.05, 0.1) is 119 Å². The predicted molar refractivity (Wildman–Crippen MR) is 293 cm³/mol. The standard InChI is InChI=1S/C52H93N7O27/c1-31(63)57-40-46(72)43(69)34(28-60)84-49(40)81-25-22-78-19-16-75-13-10-54-37(66)4-7-52(53,8-5-38(67)55-11-14-76-17-20-79-23-26-82-50-41(58-32(2)64)47(73)44(70)35(29-61)85-50)9-6-39(68)56-12-15-77-18-21-80-24-27-83-51-42(59-33(3)65)48(74)45(71)36(30-62)86-51/h34-36,40-44,46-47,49-51,60-62,69-74H,4-30,53H2,1-3H3,(H,54,66)(H,55,67)(H,56,68)(H,57,63)(H,58,64)(H,59,65). The van der Waals surface area contributed by atoms with Gasteiger partial charge in [0.25, 0.3) is 0 Å². The van der Waals surface area contributed by atoms with E-state index < -0.39 is 134 Å². The molecule has 34 heteroatoms. The Kier molecular flexibility index (Phi) is 37.2. The Hall–Kier alpha value is -4.64. The summed E-state index contributed by atoms with van der Waals surface area (Å²) in [5.74, 6) is -3.74. The topological polar surface area (TPSA) is 493 Å². The molecule has 0 aliphatic carbocycles. The second kappa shape index (κ2) is 42.3. The van der Waals surface area contributed by atoms with E-state index in [0.717, 1.165) is 0 Å². The average Bonchev–Trinajstić information content (AvgIpc) is 1.60. The number of rotatable bonds is 45. The third-order valence-electron chi connectivity index (χ3n) is 13.4. The monoisotopic (exact) mass is 1250 g/mol. The molecular formula is C52H93N7O27. The van der Waals surface area contributed by atoms with Crippen LogP contribution in [0.3, 0.4) is 0 Å². The quantitative estimate of drug-likeness (QED) is 0.0252. The van der Waals surface area contributed by atoms with E-state index in [-0.39, 0.29) is 175 Å². The molecule has 13 atom stereocenters.